The van der Waals surface area contributed by atoms with E-state index >= 15 is 0 Å². The lowest BCUT2D eigenvalue weighted by molar-refractivity contribution is -0.870. The number of nitrogens with zero attached hydrogens (tertiary/aromatic N) is 1. The maximum atomic E-state index is 13.5. The third-order valence-electron chi connectivity index (χ3n) is 14.8. The second kappa shape index (κ2) is 57.2. The van der Waals surface area contributed by atoms with E-state index in [1.54, 1.807) is 0 Å². The van der Waals surface area contributed by atoms with Crippen molar-refractivity contribution < 1.29 is 37.3 Å². The Morgan fingerprint density at radius 3 is 1.21 bits per heavy atom. The summed E-state index contributed by atoms with van der Waals surface area (Å²) in [5.41, 5.74) is 0. The Morgan fingerprint density at radius 1 is 0.455 bits per heavy atom. The molecule has 0 aromatic heterocycles. The molecule has 0 aliphatic carbocycles. The van der Waals surface area contributed by atoms with Gasteiger partial charge in [0.1, 0.15) is 19.3 Å². The summed E-state index contributed by atoms with van der Waals surface area (Å²) in [4.78, 5) is 37.6. The quantitative estimate of drug-likeness (QED) is 0.0205. The summed E-state index contributed by atoms with van der Waals surface area (Å²) in [6.07, 6.45) is 71.5. The van der Waals surface area contributed by atoms with Crippen molar-refractivity contribution in [3.63, 3.8) is 0 Å². The lowest BCUT2D eigenvalue weighted by atomic mass is 10.0. The van der Waals surface area contributed by atoms with Crippen molar-refractivity contribution in [2.45, 2.75) is 328 Å². The minimum absolute atomic E-state index is 0.0339. The van der Waals surface area contributed by atoms with Gasteiger partial charge in [-0.25, -0.2) is 4.57 Å². The van der Waals surface area contributed by atoms with Crippen LogP contribution in [0, 0.1) is 0 Å². The molecule has 1 amide bonds. The second-order valence-electron chi connectivity index (χ2n) is 23.6. The summed E-state index contributed by atoms with van der Waals surface area (Å²) < 4.78 is 30.6. The van der Waals surface area contributed by atoms with Crippen molar-refractivity contribution >= 4 is 19.7 Å². The molecule has 0 aliphatic rings. The first-order chi connectivity index (χ1) is 37.4. The minimum atomic E-state index is -4.46. The number of ether oxygens (including phenoxy) is 1. The highest BCUT2D eigenvalue weighted by Crippen LogP contribution is 2.43. The van der Waals surface area contributed by atoms with Crippen LogP contribution >= 0.6 is 7.82 Å². The van der Waals surface area contributed by atoms with Crippen molar-refractivity contribution in [3.05, 3.63) is 48.6 Å². The van der Waals surface area contributed by atoms with Crippen LogP contribution < -0.4 is 5.32 Å². The fourth-order valence-electron chi connectivity index (χ4n) is 9.64. The number of carbonyl (C=O) groups excluding carboxylic acids is 2. The van der Waals surface area contributed by atoms with E-state index in [2.05, 4.69) is 56.5 Å². The third-order valence-corrected chi connectivity index (χ3v) is 15.7. The Hall–Kier alpha value is -2.03. The molecule has 3 atom stereocenters. The monoisotopic (exact) mass is 1100 g/mol. The van der Waals surface area contributed by atoms with Gasteiger partial charge < -0.3 is 19.4 Å². The van der Waals surface area contributed by atoms with Crippen molar-refractivity contribution in [1.29, 1.82) is 0 Å². The smallest absolute Gasteiger partial charge is 0.456 e. The first-order valence-electron chi connectivity index (χ1n) is 33.0. The Bertz CT molecular complexity index is 1460. The lowest BCUT2D eigenvalue weighted by Gasteiger charge is -2.27. The first-order valence-corrected chi connectivity index (χ1v) is 34.5. The van der Waals surface area contributed by atoms with Gasteiger partial charge >= 0.3 is 13.8 Å². The zero-order valence-electron chi connectivity index (χ0n) is 51.7. The highest BCUT2D eigenvalue weighted by molar-refractivity contribution is 7.47. The van der Waals surface area contributed by atoms with Crippen LogP contribution in [-0.4, -0.2) is 74.3 Å². The largest absolute Gasteiger partial charge is 0.472 e. The summed E-state index contributed by atoms with van der Waals surface area (Å²) >= 11 is 0. The molecule has 0 aromatic rings. The molecule has 0 saturated heterocycles. The molecule has 0 fully saturated rings. The van der Waals surface area contributed by atoms with Crippen LogP contribution in [0.4, 0.5) is 0 Å². The Morgan fingerprint density at radius 2 is 0.805 bits per heavy atom. The molecule has 0 rings (SSSR count). The summed E-state index contributed by atoms with van der Waals surface area (Å²) in [6, 6.07) is -0.868. The minimum Gasteiger partial charge on any atom is -0.456 e. The molecule has 0 aliphatic heterocycles. The average Bonchev–Trinajstić information content (AvgIpc) is 3.39. The Labute approximate surface area is 478 Å². The molecule has 0 aromatic carbocycles. The van der Waals surface area contributed by atoms with Gasteiger partial charge in [-0.1, -0.05) is 275 Å². The summed E-state index contributed by atoms with van der Waals surface area (Å²) in [5.74, 6) is -0.573. The standard InChI is InChI=1S/C67H127N2O7P/c1-7-10-13-16-19-22-25-27-28-29-30-31-32-33-34-35-36-37-38-39-40-42-44-47-50-53-56-59-66(70)68-64(63-75-77(72,73)74-62-61-69(4,5)6)65(58-55-52-49-46-43-24-21-18-15-12-9-3)76-67(71)60-57-54-51-48-45-41-26-23-20-17-14-11-8-2/h27-28,41,45,51,54-55,58,64-65H,7-26,29-40,42-44,46-50,52-53,56-57,59-63H2,1-6H3,(H-,68,70,72,73)/p+1/b28-27+,45-41-,54-51+,58-55-. The number of unbranched alkanes of at least 4 members (excludes halogenated alkanes) is 38. The van der Waals surface area contributed by atoms with Crippen LogP contribution in [0.2, 0.25) is 0 Å². The number of quaternary nitrogens is 1. The van der Waals surface area contributed by atoms with Gasteiger partial charge in [0.05, 0.1) is 33.8 Å². The van der Waals surface area contributed by atoms with Gasteiger partial charge in [0.25, 0.3) is 0 Å². The van der Waals surface area contributed by atoms with Crippen LogP contribution in [0.15, 0.2) is 48.6 Å². The van der Waals surface area contributed by atoms with Crippen molar-refractivity contribution in [3.8, 4) is 0 Å². The van der Waals surface area contributed by atoms with Crippen molar-refractivity contribution in [1.82, 2.24) is 5.32 Å². The molecule has 0 spiro atoms. The number of phosphoric acid groups is 1. The molecule has 77 heavy (non-hydrogen) atoms. The zero-order valence-corrected chi connectivity index (χ0v) is 52.6. The topological polar surface area (TPSA) is 111 Å². The Kier molecular flexibility index (Phi) is 55.7. The average molecular weight is 1100 g/mol. The fraction of sp³-hybridized carbons (Fsp3) is 0.851. The van der Waals surface area contributed by atoms with Gasteiger partial charge in [-0.3, -0.25) is 18.6 Å². The summed E-state index contributed by atoms with van der Waals surface area (Å²) in [6.45, 7) is 6.99. The Balaban J connectivity index is 4.99. The normalized spacial score (nSPS) is 13.9. The van der Waals surface area contributed by atoms with E-state index in [1.807, 2.05) is 39.4 Å². The van der Waals surface area contributed by atoms with Gasteiger partial charge in [0.2, 0.25) is 5.91 Å². The number of likely N-dealkylation sites (N-methyl/N-ethyl adjacent to an activating group) is 1. The van der Waals surface area contributed by atoms with Crippen LogP contribution in [0.25, 0.3) is 0 Å². The zero-order chi connectivity index (χ0) is 56.4. The van der Waals surface area contributed by atoms with E-state index in [0.717, 1.165) is 51.4 Å². The lowest BCUT2D eigenvalue weighted by Crippen LogP contribution is -2.47. The molecular weight excluding hydrogens is 976 g/mol. The van der Waals surface area contributed by atoms with Crippen molar-refractivity contribution in [2.75, 3.05) is 40.9 Å². The van der Waals surface area contributed by atoms with E-state index < -0.39 is 20.0 Å². The summed E-state index contributed by atoms with van der Waals surface area (Å²) in [5, 5.41) is 3.05. The van der Waals surface area contributed by atoms with Gasteiger partial charge in [0.15, 0.2) is 0 Å². The van der Waals surface area contributed by atoms with Crippen LogP contribution in [0.1, 0.15) is 316 Å². The van der Waals surface area contributed by atoms with E-state index in [-0.39, 0.29) is 31.5 Å². The highest BCUT2D eigenvalue weighted by Gasteiger charge is 2.30. The number of allylic oxidation sites excluding steroid dienone is 7. The molecule has 9 nitrogen and oxygen atoms in total. The number of nitrogens with one attached hydrogen (secondary N) is 1. The number of esters is 1. The third kappa shape index (κ3) is 58.4. The molecule has 10 heteroatoms. The molecule has 0 heterocycles. The predicted molar refractivity (Wildman–Crippen MR) is 332 cm³/mol. The fourth-order valence-corrected chi connectivity index (χ4v) is 10.4. The SMILES string of the molecule is CCCCCCCC/C=C\C/C=C/CCC(=O)OC(/C=C\CCCCCCCCCCC)C(COP(=O)(O)OCC[N+](C)(C)C)NC(=O)CCCCCCCCCCCCCCCCCCC/C=C/CCCCCCCC. The number of rotatable bonds is 60. The van der Waals surface area contributed by atoms with E-state index in [9.17, 15) is 19.0 Å². The number of hydrogen-bond donors (Lipinski definition) is 2. The van der Waals surface area contributed by atoms with E-state index in [1.165, 1.54) is 225 Å². The molecule has 2 N–H and O–H groups in total. The molecule has 452 valence electrons. The highest BCUT2D eigenvalue weighted by atomic mass is 31.2. The molecule has 0 bridgehead atoms. The van der Waals surface area contributed by atoms with Crippen LogP contribution in [0.3, 0.4) is 0 Å². The summed E-state index contributed by atoms with van der Waals surface area (Å²) in [7, 11) is 1.48. The molecular formula is C67H128N2O7P+. The number of amides is 1. The number of phosphoric ester groups is 1. The molecule has 0 saturated carbocycles. The maximum Gasteiger partial charge on any atom is 0.472 e. The van der Waals surface area contributed by atoms with Gasteiger partial charge in [-0.15, -0.1) is 0 Å². The maximum absolute atomic E-state index is 13.5. The van der Waals surface area contributed by atoms with Gasteiger partial charge in [-0.2, -0.15) is 0 Å². The van der Waals surface area contributed by atoms with Gasteiger partial charge in [-0.05, 0) is 76.7 Å². The van der Waals surface area contributed by atoms with Crippen LogP contribution in [0.5, 0.6) is 0 Å². The van der Waals surface area contributed by atoms with E-state index in [4.69, 9.17) is 13.8 Å². The second-order valence-corrected chi connectivity index (χ2v) is 25.1. The van der Waals surface area contributed by atoms with Crippen molar-refractivity contribution in [2.24, 2.45) is 0 Å². The first kappa shape index (κ1) is 75.0. The van der Waals surface area contributed by atoms with Gasteiger partial charge in [0, 0.05) is 12.8 Å². The number of carbonyl (C=O) groups is 2. The number of hydrogen-bond acceptors (Lipinski definition) is 6. The van der Waals surface area contributed by atoms with E-state index in [0.29, 0.717) is 23.9 Å². The predicted octanol–water partition coefficient (Wildman–Crippen LogP) is 20.5. The van der Waals surface area contributed by atoms with Crippen LogP contribution in [-0.2, 0) is 27.9 Å². The molecule has 0 radical (unpaired) electrons. The molecule has 3 unspecified atom stereocenters.